The molecular weight excluding hydrogens is 176 g/mol. The van der Waals surface area contributed by atoms with Gasteiger partial charge in [0.2, 0.25) is 5.91 Å². The van der Waals surface area contributed by atoms with Crippen LogP contribution in [0.15, 0.2) is 0 Å². The van der Waals surface area contributed by atoms with Gasteiger partial charge in [-0.15, -0.1) is 0 Å². The quantitative estimate of drug-likeness (QED) is 0.656. The number of amides is 1. The minimum Gasteiger partial charge on any atom is -0.356 e. The van der Waals surface area contributed by atoms with E-state index < -0.39 is 0 Å². The molecule has 0 spiro atoms. The summed E-state index contributed by atoms with van der Waals surface area (Å²) >= 11 is 0. The lowest BCUT2D eigenvalue weighted by molar-refractivity contribution is -0.124. The van der Waals surface area contributed by atoms with E-state index in [1.54, 1.807) is 0 Å². The number of rotatable bonds is 5. The van der Waals surface area contributed by atoms with Crippen molar-refractivity contribution >= 4 is 5.91 Å². The van der Waals surface area contributed by atoms with Crippen LogP contribution in [-0.2, 0) is 4.79 Å². The second-order valence-electron chi connectivity index (χ2n) is 4.27. The number of nitrogens with one attached hydrogen (secondary N) is 1. The molecule has 0 saturated heterocycles. The third-order valence-electron chi connectivity index (χ3n) is 2.92. The summed E-state index contributed by atoms with van der Waals surface area (Å²) in [5.74, 6) is 0.403. The molecule has 1 fully saturated rings. The Balaban J connectivity index is 2.09. The van der Waals surface area contributed by atoms with Gasteiger partial charge in [-0.1, -0.05) is 19.8 Å². The van der Waals surface area contributed by atoms with Crippen LogP contribution in [0.5, 0.6) is 0 Å². The van der Waals surface area contributed by atoms with E-state index in [9.17, 15) is 4.79 Å². The van der Waals surface area contributed by atoms with Gasteiger partial charge in [0.05, 0.1) is 0 Å². The van der Waals surface area contributed by atoms with Crippen molar-refractivity contribution < 1.29 is 4.79 Å². The third-order valence-corrected chi connectivity index (χ3v) is 2.92. The molecular formula is C11H22N2O. The highest BCUT2D eigenvalue weighted by Crippen LogP contribution is 2.23. The Morgan fingerprint density at radius 3 is 2.79 bits per heavy atom. The normalized spacial score (nSPS) is 26.4. The topological polar surface area (TPSA) is 55.1 Å². The first kappa shape index (κ1) is 11.5. The molecule has 82 valence electrons. The maximum Gasteiger partial charge on any atom is 0.223 e. The van der Waals surface area contributed by atoms with Crippen LogP contribution in [0, 0.1) is 5.92 Å². The molecule has 3 nitrogen and oxygen atoms in total. The molecule has 1 rings (SSSR count). The van der Waals surface area contributed by atoms with E-state index >= 15 is 0 Å². The standard InChI is InChI=1S/C11H22N2O/c1-2-3-4-7-13-11(14)9-5-6-10(12)8-9/h9-10H,2-8,12H2,1H3,(H,13,14). The highest BCUT2D eigenvalue weighted by molar-refractivity contribution is 5.78. The molecule has 1 aliphatic carbocycles. The van der Waals surface area contributed by atoms with E-state index in [2.05, 4.69) is 12.2 Å². The fourth-order valence-electron chi connectivity index (χ4n) is 1.99. The van der Waals surface area contributed by atoms with Crippen LogP contribution in [0.4, 0.5) is 0 Å². The van der Waals surface area contributed by atoms with Crippen LogP contribution in [0.3, 0.4) is 0 Å². The molecule has 0 radical (unpaired) electrons. The molecule has 3 heteroatoms. The zero-order valence-corrected chi connectivity index (χ0v) is 9.09. The number of hydrogen-bond donors (Lipinski definition) is 2. The monoisotopic (exact) mass is 198 g/mol. The fourth-order valence-corrected chi connectivity index (χ4v) is 1.99. The van der Waals surface area contributed by atoms with Gasteiger partial charge in [0.1, 0.15) is 0 Å². The Labute approximate surface area is 86.4 Å². The molecule has 0 aliphatic heterocycles. The highest BCUT2D eigenvalue weighted by atomic mass is 16.1. The van der Waals surface area contributed by atoms with Gasteiger partial charge in [-0.05, 0) is 25.7 Å². The molecule has 2 unspecified atom stereocenters. The largest absolute Gasteiger partial charge is 0.356 e. The summed E-state index contributed by atoms with van der Waals surface area (Å²) in [6, 6.07) is 0.251. The van der Waals surface area contributed by atoms with E-state index in [1.807, 2.05) is 0 Å². The first-order chi connectivity index (χ1) is 6.74. The predicted octanol–water partition coefficient (Wildman–Crippen LogP) is 1.42. The molecule has 1 aliphatic rings. The van der Waals surface area contributed by atoms with Gasteiger partial charge >= 0.3 is 0 Å². The van der Waals surface area contributed by atoms with Gasteiger partial charge in [-0.3, -0.25) is 4.79 Å². The van der Waals surface area contributed by atoms with Crippen LogP contribution in [0.2, 0.25) is 0 Å². The highest BCUT2D eigenvalue weighted by Gasteiger charge is 2.27. The molecule has 0 aromatic carbocycles. The maximum atomic E-state index is 11.6. The lowest BCUT2D eigenvalue weighted by Gasteiger charge is -2.10. The summed E-state index contributed by atoms with van der Waals surface area (Å²) in [4.78, 5) is 11.6. The summed E-state index contributed by atoms with van der Waals surface area (Å²) < 4.78 is 0. The minimum atomic E-state index is 0.187. The fraction of sp³-hybridized carbons (Fsp3) is 0.909. The predicted molar refractivity (Wildman–Crippen MR) is 57.9 cm³/mol. The van der Waals surface area contributed by atoms with Gasteiger partial charge in [-0.2, -0.15) is 0 Å². The average Bonchev–Trinajstić information content (AvgIpc) is 2.59. The lowest BCUT2D eigenvalue weighted by Crippen LogP contribution is -2.31. The van der Waals surface area contributed by atoms with E-state index in [1.165, 1.54) is 12.8 Å². The lowest BCUT2D eigenvalue weighted by atomic mass is 10.1. The van der Waals surface area contributed by atoms with Gasteiger partial charge < -0.3 is 11.1 Å². The Morgan fingerprint density at radius 1 is 1.43 bits per heavy atom. The van der Waals surface area contributed by atoms with E-state index in [-0.39, 0.29) is 17.9 Å². The van der Waals surface area contributed by atoms with Crippen molar-refractivity contribution in [1.82, 2.24) is 5.32 Å². The maximum absolute atomic E-state index is 11.6. The summed E-state index contributed by atoms with van der Waals surface area (Å²) in [6.45, 7) is 3.00. The third kappa shape index (κ3) is 3.66. The molecule has 14 heavy (non-hydrogen) atoms. The molecule has 3 N–H and O–H groups in total. The number of hydrogen-bond acceptors (Lipinski definition) is 2. The second-order valence-corrected chi connectivity index (χ2v) is 4.27. The molecule has 1 saturated carbocycles. The Kier molecular flexibility index (Phi) is 4.94. The first-order valence-electron chi connectivity index (χ1n) is 5.77. The summed E-state index contributed by atoms with van der Waals surface area (Å²) in [5, 5.41) is 2.99. The number of carbonyl (C=O) groups is 1. The van der Waals surface area contributed by atoms with Gasteiger partial charge in [0, 0.05) is 18.5 Å². The van der Waals surface area contributed by atoms with Gasteiger partial charge in [0.25, 0.3) is 0 Å². The average molecular weight is 198 g/mol. The molecule has 0 bridgehead atoms. The molecule has 0 aromatic rings. The number of unbranched alkanes of at least 4 members (excludes halogenated alkanes) is 2. The van der Waals surface area contributed by atoms with Crippen LogP contribution in [0.1, 0.15) is 45.4 Å². The zero-order valence-electron chi connectivity index (χ0n) is 9.09. The zero-order chi connectivity index (χ0) is 10.4. The Morgan fingerprint density at radius 2 is 2.21 bits per heavy atom. The van der Waals surface area contributed by atoms with Crippen molar-refractivity contribution in [3.05, 3.63) is 0 Å². The molecule has 0 heterocycles. The van der Waals surface area contributed by atoms with Crippen molar-refractivity contribution in [2.45, 2.75) is 51.5 Å². The van der Waals surface area contributed by atoms with Crippen molar-refractivity contribution in [1.29, 1.82) is 0 Å². The number of nitrogens with two attached hydrogens (primary N) is 1. The Bertz CT molecular complexity index is 182. The first-order valence-corrected chi connectivity index (χ1v) is 5.77. The van der Waals surface area contributed by atoms with Crippen LogP contribution in [-0.4, -0.2) is 18.5 Å². The SMILES string of the molecule is CCCCCNC(=O)C1CCC(N)C1. The van der Waals surface area contributed by atoms with Crippen LogP contribution < -0.4 is 11.1 Å². The van der Waals surface area contributed by atoms with E-state index in [0.717, 1.165) is 32.2 Å². The van der Waals surface area contributed by atoms with Crippen molar-refractivity contribution in [2.75, 3.05) is 6.54 Å². The molecule has 2 atom stereocenters. The second kappa shape index (κ2) is 6.02. The van der Waals surface area contributed by atoms with Crippen molar-refractivity contribution in [3.63, 3.8) is 0 Å². The summed E-state index contributed by atoms with van der Waals surface area (Å²) in [5.41, 5.74) is 5.76. The summed E-state index contributed by atoms with van der Waals surface area (Å²) in [6.07, 6.45) is 6.35. The smallest absolute Gasteiger partial charge is 0.223 e. The van der Waals surface area contributed by atoms with Gasteiger partial charge in [0.15, 0.2) is 0 Å². The van der Waals surface area contributed by atoms with Crippen molar-refractivity contribution in [3.8, 4) is 0 Å². The number of carbonyl (C=O) groups excluding carboxylic acids is 1. The van der Waals surface area contributed by atoms with Gasteiger partial charge in [-0.25, -0.2) is 0 Å². The molecule has 0 aromatic heterocycles. The van der Waals surface area contributed by atoms with Crippen LogP contribution in [0.25, 0.3) is 0 Å². The van der Waals surface area contributed by atoms with Crippen LogP contribution >= 0.6 is 0 Å². The minimum absolute atomic E-state index is 0.187. The van der Waals surface area contributed by atoms with E-state index in [0.29, 0.717) is 0 Å². The Hall–Kier alpha value is -0.570. The molecule has 1 amide bonds. The summed E-state index contributed by atoms with van der Waals surface area (Å²) in [7, 11) is 0. The van der Waals surface area contributed by atoms with Crippen molar-refractivity contribution in [2.24, 2.45) is 11.7 Å². The van der Waals surface area contributed by atoms with E-state index in [4.69, 9.17) is 5.73 Å².